The van der Waals surface area contributed by atoms with Crippen LogP contribution >= 0.6 is 12.2 Å². The number of rotatable bonds is 6. The van der Waals surface area contributed by atoms with Crippen LogP contribution in [-0.2, 0) is 5.41 Å². The van der Waals surface area contributed by atoms with Gasteiger partial charge < -0.3 is 15.5 Å². The first kappa shape index (κ1) is 22.3. The minimum absolute atomic E-state index is 0.0553. The summed E-state index contributed by atoms with van der Waals surface area (Å²) in [6.45, 7) is 8.40. The van der Waals surface area contributed by atoms with Gasteiger partial charge in [0, 0.05) is 30.4 Å². The van der Waals surface area contributed by atoms with E-state index in [1.165, 1.54) is 12.0 Å². The molecule has 1 aliphatic heterocycles. The third kappa shape index (κ3) is 6.05. The van der Waals surface area contributed by atoms with E-state index in [4.69, 9.17) is 12.2 Å². The van der Waals surface area contributed by atoms with E-state index in [2.05, 4.69) is 55.7 Å². The van der Waals surface area contributed by atoms with Gasteiger partial charge in [-0.25, -0.2) is 0 Å². The Bertz CT molecular complexity index is 842. The molecule has 30 heavy (non-hydrogen) atoms. The molecule has 2 N–H and O–H groups in total. The Morgan fingerprint density at radius 3 is 2.30 bits per heavy atom. The highest BCUT2D eigenvalue weighted by molar-refractivity contribution is 7.80. The summed E-state index contributed by atoms with van der Waals surface area (Å²) in [6.07, 6.45) is 4.38. The maximum absolute atomic E-state index is 12.6. The Balaban J connectivity index is 1.51. The second-order valence-electron chi connectivity index (χ2n) is 8.88. The topological polar surface area (TPSA) is 44.4 Å². The number of hydrogen-bond acceptors (Lipinski definition) is 2. The summed E-state index contributed by atoms with van der Waals surface area (Å²) in [5.74, 6) is 0.124. The molecule has 5 heteroatoms. The third-order valence-electron chi connectivity index (χ3n) is 5.78. The monoisotopic (exact) mass is 423 g/mol. The van der Waals surface area contributed by atoms with Crippen LogP contribution in [0.2, 0.25) is 0 Å². The molecule has 0 aromatic heterocycles. The van der Waals surface area contributed by atoms with Crippen molar-refractivity contribution in [3.63, 3.8) is 0 Å². The van der Waals surface area contributed by atoms with Crippen LogP contribution in [0, 0.1) is 0 Å². The lowest BCUT2D eigenvalue weighted by Gasteiger charge is -2.29. The van der Waals surface area contributed by atoms with E-state index in [-0.39, 0.29) is 17.4 Å². The zero-order valence-corrected chi connectivity index (χ0v) is 19.1. The minimum Gasteiger partial charge on any atom is -0.360 e. The summed E-state index contributed by atoms with van der Waals surface area (Å²) in [7, 11) is 0. The molecule has 0 unspecified atom stereocenters. The number of amides is 1. The molecule has 1 fully saturated rings. The van der Waals surface area contributed by atoms with E-state index < -0.39 is 0 Å². The Hall–Kier alpha value is -2.40. The summed E-state index contributed by atoms with van der Waals surface area (Å²) in [5, 5.41) is 7.23. The van der Waals surface area contributed by atoms with Crippen LogP contribution in [0.5, 0.6) is 0 Å². The smallest absolute Gasteiger partial charge is 0.253 e. The molecule has 0 radical (unpaired) electrons. The van der Waals surface area contributed by atoms with Crippen LogP contribution in [-0.4, -0.2) is 35.1 Å². The number of likely N-dealkylation sites (tertiary alicyclic amines) is 1. The Labute approximate surface area is 186 Å². The van der Waals surface area contributed by atoms with Crippen molar-refractivity contribution in [1.82, 2.24) is 10.2 Å². The molecule has 160 valence electrons. The number of carbonyl (C=O) groups is 1. The van der Waals surface area contributed by atoms with Gasteiger partial charge in [0.25, 0.3) is 5.91 Å². The predicted molar refractivity (Wildman–Crippen MR) is 129 cm³/mol. The largest absolute Gasteiger partial charge is 0.360 e. The van der Waals surface area contributed by atoms with Crippen molar-refractivity contribution in [1.29, 1.82) is 0 Å². The number of piperidine rings is 1. The van der Waals surface area contributed by atoms with E-state index in [1.54, 1.807) is 0 Å². The van der Waals surface area contributed by atoms with Crippen LogP contribution in [0.4, 0.5) is 5.69 Å². The molecule has 0 spiro atoms. The normalized spacial score (nSPS) is 15.4. The van der Waals surface area contributed by atoms with Crippen molar-refractivity contribution >= 4 is 28.9 Å². The average molecular weight is 424 g/mol. The lowest BCUT2D eigenvalue weighted by Crippen LogP contribution is -2.39. The van der Waals surface area contributed by atoms with Gasteiger partial charge in [0.2, 0.25) is 0 Å². The van der Waals surface area contributed by atoms with Crippen LogP contribution in [0.3, 0.4) is 0 Å². The van der Waals surface area contributed by atoms with Crippen molar-refractivity contribution < 1.29 is 4.79 Å². The molecule has 1 aliphatic rings. The van der Waals surface area contributed by atoms with Crippen LogP contribution in [0.1, 0.15) is 62.4 Å². The Kier molecular flexibility index (Phi) is 7.48. The molecule has 4 nitrogen and oxygen atoms in total. The van der Waals surface area contributed by atoms with Gasteiger partial charge in [-0.15, -0.1) is 0 Å². The zero-order chi connectivity index (χ0) is 21.6. The second kappa shape index (κ2) is 10.1. The fourth-order valence-corrected chi connectivity index (χ4v) is 4.51. The quantitative estimate of drug-likeness (QED) is 0.614. The first-order valence-electron chi connectivity index (χ1n) is 10.9. The first-order valence-corrected chi connectivity index (χ1v) is 11.3. The van der Waals surface area contributed by atoms with E-state index in [9.17, 15) is 4.79 Å². The second-order valence-corrected chi connectivity index (χ2v) is 9.29. The molecular formula is C25H33N3OS. The summed E-state index contributed by atoms with van der Waals surface area (Å²) in [6, 6.07) is 18.4. The number of anilines is 1. The number of hydrogen-bond donors (Lipinski definition) is 2. The maximum Gasteiger partial charge on any atom is 0.253 e. The molecule has 2 aromatic rings. The molecule has 1 atom stereocenters. The van der Waals surface area contributed by atoms with Crippen molar-refractivity contribution in [2.75, 3.05) is 18.4 Å². The number of thiocarbonyl (C=S) groups is 1. The lowest BCUT2D eigenvalue weighted by molar-refractivity contribution is 0.0724. The zero-order valence-electron chi connectivity index (χ0n) is 18.3. The highest BCUT2D eigenvalue weighted by atomic mass is 32.1. The SMILES string of the molecule is C[C@H](CC(C)(C)c1ccccc1)NC(=S)Nc1ccc(C(=O)N2CCCCC2)cc1. The molecule has 1 amide bonds. The highest BCUT2D eigenvalue weighted by Crippen LogP contribution is 2.28. The van der Waals surface area contributed by atoms with Crippen molar-refractivity contribution in [2.24, 2.45) is 0 Å². The van der Waals surface area contributed by atoms with Gasteiger partial charge in [0.1, 0.15) is 0 Å². The molecule has 1 saturated heterocycles. The van der Waals surface area contributed by atoms with E-state index in [0.717, 1.165) is 43.6 Å². The number of carbonyl (C=O) groups excluding carboxylic acids is 1. The number of benzene rings is 2. The average Bonchev–Trinajstić information content (AvgIpc) is 2.74. The summed E-state index contributed by atoms with van der Waals surface area (Å²) in [5.41, 5.74) is 3.00. The fourth-order valence-electron chi connectivity index (χ4n) is 4.19. The number of nitrogens with zero attached hydrogens (tertiary/aromatic N) is 1. The molecule has 1 heterocycles. The van der Waals surface area contributed by atoms with Crippen molar-refractivity contribution in [3.8, 4) is 0 Å². The van der Waals surface area contributed by atoms with Gasteiger partial charge in [-0.3, -0.25) is 4.79 Å². The van der Waals surface area contributed by atoms with Crippen LogP contribution in [0.15, 0.2) is 54.6 Å². The summed E-state index contributed by atoms with van der Waals surface area (Å²) in [4.78, 5) is 14.5. The van der Waals surface area contributed by atoms with E-state index >= 15 is 0 Å². The molecule has 0 bridgehead atoms. The third-order valence-corrected chi connectivity index (χ3v) is 6.00. The van der Waals surface area contributed by atoms with E-state index in [1.807, 2.05) is 35.2 Å². The Morgan fingerprint density at radius 2 is 1.67 bits per heavy atom. The molecule has 0 saturated carbocycles. The number of nitrogens with one attached hydrogen (secondary N) is 2. The maximum atomic E-state index is 12.6. The van der Waals surface area contributed by atoms with Gasteiger partial charge in [-0.05, 0) is 80.1 Å². The summed E-state index contributed by atoms with van der Waals surface area (Å²) >= 11 is 5.51. The van der Waals surface area contributed by atoms with E-state index in [0.29, 0.717) is 5.11 Å². The van der Waals surface area contributed by atoms with Gasteiger partial charge in [0.15, 0.2) is 5.11 Å². The summed E-state index contributed by atoms with van der Waals surface area (Å²) < 4.78 is 0. The first-order chi connectivity index (χ1) is 14.3. The minimum atomic E-state index is 0.0553. The molecule has 3 rings (SSSR count). The molecular weight excluding hydrogens is 390 g/mol. The molecule has 2 aromatic carbocycles. The van der Waals surface area contributed by atoms with Gasteiger partial charge in [-0.1, -0.05) is 44.2 Å². The van der Waals surface area contributed by atoms with Gasteiger partial charge >= 0.3 is 0 Å². The lowest BCUT2D eigenvalue weighted by atomic mass is 9.79. The van der Waals surface area contributed by atoms with Crippen molar-refractivity contribution in [2.45, 2.75) is 57.9 Å². The van der Waals surface area contributed by atoms with Crippen LogP contribution in [0.25, 0.3) is 0 Å². The standard InChI is InChI=1S/C25H33N3OS/c1-19(18-25(2,3)21-10-6-4-7-11-21)26-24(30)27-22-14-12-20(13-15-22)23(29)28-16-8-5-9-17-28/h4,6-7,10-15,19H,5,8-9,16-18H2,1-3H3,(H2,26,27,30)/t19-/m1/s1. The molecule has 0 aliphatic carbocycles. The van der Waals surface area contributed by atoms with Gasteiger partial charge in [0.05, 0.1) is 0 Å². The van der Waals surface area contributed by atoms with Crippen LogP contribution < -0.4 is 10.6 Å². The highest BCUT2D eigenvalue weighted by Gasteiger charge is 2.23. The van der Waals surface area contributed by atoms with Gasteiger partial charge in [-0.2, -0.15) is 0 Å². The predicted octanol–water partition coefficient (Wildman–Crippen LogP) is 5.36. The Morgan fingerprint density at radius 1 is 1.03 bits per heavy atom. The van der Waals surface area contributed by atoms with Crippen molar-refractivity contribution in [3.05, 3.63) is 65.7 Å². The fraction of sp³-hybridized carbons (Fsp3) is 0.440.